The maximum absolute atomic E-state index is 13.4. The molecule has 4 nitrogen and oxygen atoms in total. The number of nitrogens with zero attached hydrogens (tertiary/aromatic N) is 2. The van der Waals surface area contributed by atoms with Crippen LogP contribution in [0.2, 0.25) is 0 Å². The van der Waals surface area contributed by atoms with Crippen LogP contribution in [0.4, 0.5) is 5.69 Å². The van der Waals surface area contributed by atoms with Gasteiger partial charge in [0, 0.05) is 24.3 Å². The Bertz CT molecular complexity index is 745. The number of carbonyl (C=O) groups excluding carboxylic acids is 1. The molecule has 1 heterocycles. The van der Waals surface area contributed by atoms with Crippen LogP contribution in [-0.4, -0.2) is 56.1 Å². The molecule has 1 unspecified atom stereocenters. The maximum atomic E-state index is 13.4. The Morgan fingerprint density at radius 3 is 2.18 bits per heavy atom. The summed E-state index contributed by atoms with van der Waals surface area (Å²) in [6.07, 6.45) is 0.742. The Hall–Kier alpha value is -2.17. The molecule has 1 atom stereocenters. The molecule has 150 valence electrons. The molecule has 0 bridgehead atoms. The van der Waals surface area contributed by atoms with Crippen molar-refractivity contribution in [3.8, 4) is 0 Å². The molecule has 2 aromatic carbocycles. The molecule has 0 radical (unpaired) electrons. The van der Waals surface area contributed by atoms with E-state index in [9.17, 15) is 4.79 Å². The lowest BCUT2D eigenvalue weighted by Crippen LogP contribution is -2.42. The number of carbonyl (C=O) groups is 1. The Kier molecular flexibility index (Phi) is 7.24. The van der Waals surface area contributed by atoms with Gasteiger partial charge in [0.15, 0.2) is 5.78 Å². The van der Waals surface area contributed by atoms with Crippen LogP contribution >= 0.6 is 0 Å². The number of anilines is 1. The fraction of sp³-hybridized carbons (Fsp3) is 0.458. The van der Waals surface area contributed by atoms with Gasteiger partial charge < -0.3 is 9.64 Å². The van der Waals surface area contributed by atoms with Crippen molar-refractivity contribution < 1.29 is 9.53 Å². The average molecular weight is 381 g/mol. The van der Waals surface area contributed by atoms with Gasteiger partial charge in [-0.2, -0.15) is 0 Å². The smallest absolute Gasteiger partial charge is 0.180 e. The third-order valence-corrected chi connectivity index (χ3v) is 5.63. The largest absolute Gasteiger partial charge is 0.378 e. The second-order valence-electron chi connectivity index (χ2n) is 7.44. The van der Waals surface area contributed by atoms with E-state index in [1.165, 1.54) is 11.1 Å². The Morgan fingerprint density at radius 2 is 1.61 bits per heavy atom. The fourth-order valence-electron chi connectivity index (χ4n) is 3.85. The van der Waals surface area contributed by atoms with Crippen molar-refractivity contribution in [2.45, 2.75) is 33.2 Å². The van der Waals surface area contributed by atoms with Gasteiger partial charge in [0.25, 0.3) is 0 Å². The number of hydrogen-bond acceptors (Lipinski definition) is 4. The highest BCUT2D eigenvalue weighted by atomic mass is 16.5. The zero-order valence-electron chi connectivity index (χ0n) is 17.4. The van der Waals surface area contributed by atoms with Crippen molar-refractivity contribution in [3.05, 3.63) is 65.2 Å². The van der Waals surface area contributed by atoms with Crippen LogP contribution in [0.15, 0.2) is 48.5 Å². The minimum absolute atomic E-state index is 0.132. The van der Waals surface area contributed by atoms with E-state index in [4.69, 9.17) is 4.74 Å². The van der Waals surface area contributed by atoms with Gasteiger partial charge in [-0.1, -0.05) is 43.7 Å². The molecule has 0 saturated carbocycles. The van der Waals surface area contributed by atoms with Crippen molar-refractivity contribution in [1.82, 2.24) is 4.90 Å². The molecule has 1 aliphatic heterocycles. The predicted molar refractivity (Wildman–Crippen MR) is 115 cm³/mol. The SMILES string of the molecule is CCN(CC)C(Cc1ccc(C)cc1)C(=O)c1ccc(N2CCOCC2)cc1. The highest BCUT2D eigenvalue weighted by Crippen LogP contribution is 2.20. The van der Waals surface area contributed by atoms with Crippen molar-refractivity contribution in [3.63, 3.8) is 0 Å². The van der Waals surface area contributed by atoms with Crippen LogP contribution in [0.25, 0.3) is 0 Å². The van der Waals surface area contributed by atoms with Crippen molar-refractivity contribution in [2.24, 2.45) is 0 Å². The molecule has 4 heteroatoms. The molecule has 3 rings (SSSR count). The summed E-state index contributed by atoms with van der Waals surface area (Å²) in [5.41, 5.74) is 4.41. The number of benzene rings is 2. The summed E-state index contributed by atoms with van der Waals surface area (Å²) in [7, 11) is 0. The van der Waals surface area contributed by atoms with Gasteiger partial charge in [0.2, 0.25) is 0 Å². The first kappa shape index (κ1) is 20.6. The number of likely N-dealkylation sites (N-methyl/N-ethyl adjacent to an activating group) is 1. The van der Waals surface area contributed by atoms with Gasteiger partial charge in [0.05, 0.1) is 19.3 Å². The van der Waals surface area contributed by atoms with Crippen LogP contribution in [0, 0.1) is 6.92 Å². The minimum Gasteiger partial charge on any atom is -0.378 e. The standard InChI is InChI=1S/C24H32N2O2/c1-4-25(5-2)23(18-20-8-6-19(3)7-9-20)24(27)21-10-12-22(13-11-21)26-14-16-28-17-15-26/h6-13,23H,4-5,14-18H2,1-3H3. The third kappa shape index (κ3) is 5.00. The highest BCUT2D eigenvalue weighted by molar-refractivity contribution is 6.00. The average Bonchev–Trinajstić information content (AvgIpc) is 2.75. The molecule has 0 spiro atoms. The Morgan fingerprint density at radius 1 is 1.00 bits per heavy atom. The molecule has 0 amide bonds. The van der Waals surface area contributed by atoms with Crippen molar-refractivity contribution in [1.29, 1.82) is 0 Å². The molecular weight excluding hydrogens is 348 g/mol. The first-order valence-electron chi connectivity index (χ1n) is 10.4. The van der Waals surface area contributed by atoms with Gasteiger partial charge in [-0.25, -0.2) is 0 Å². The van der Waals surface area contributed by atoms with E-state index in [1.807, 2.05) is 12.1 Å². The normalized spacial score (nSPS) is 15.6. The maximum Gasteiger partial charge on any atom is 0.180 e. The molecule has 28 heavy (non-hydrogen) atoms. The summed E-state index contributed by atoms with van der Waals surface area (Å²) in [5.74, 6) is 0.206. The quantitative estimate of drug-likeness (QED) is 0.649. The fourth-order valence-corrected chi connectivity index (χ4v) is 3.85. The van der Waals surface area contributed by atoms with E-state index in [-0.39, 0.29) is 11.8 Å². The predicted octanol–water partition coefficient (Wildman–Crippen LogP) is 3.97. The zero-order valence-corrected chi connectivity index (χ0v) is 17.4. The zero-order chi connectivity index (χ0) is 19.9. The molecule has 1 aliphatic rings. The monoisotopic (exact) mass is 380 g/mol. The van der Waals surface area contributed by atoms with Crippen LogP contribution < -0.4 is 4.90 Å². The second kappa shape index (κ2) is 9.85. The number of morpholine rings is 1. The van der Waals surface area contributed by atoms with Gasteiger partial charge in [-0.15, -0.1) is 0 Å². The van der Waals surface area contributed by atoms with Crippen LogP contribution in [0.1, 0.15) is 35.3 Å². The first-order chi connectivity index (χ1) is 13.6. The highest BCUT2D eigenvalue weighted by Gasteiger charge is 2.25. The lowest BCUT2D eigenvalue weighted by atomic mass is 9.95. The minimum atomic E-state index is -0.132. The van der Waals surface area contributed by atoms with E-state index in [2.05, 4.69) is 67.0 Å². The van der Waals surface area contributed by atoms with E-state index in [0.29, 0.717) is 0 Å². The third-order valence-electron chi connectivity index (χ3n) is 5.63. The summed E-state index contributed by atoms with van der Waals surface area (Å²) in [6, 6.07) is 16.5. The number of aryl methyl sites for hydroxylation is 1. The summed E-state index contributed by atoms with van der Waals surface area (Å²) >= 11 is 0. The molecule has 2 aromatic rings. The van der Waals surface area contributed by atoms with E-state index in [1.54, 1.807) is 0 Å². The summed E-state index contributed by atoms with van der Waals surface area (Å²) in [5, 5.41) is 0. The van der Waals surface area contributed by atoms with Crippen LogP contribution in [-0.2, 0) is 11.2 Å². The second-order valence-corrected chi connectivity index (χ2v) is 7.44. The van der Waals surface area contributed by atoms with Gasteiger partial charge in [-0.05, 0) is 56.3 Å². The Balaban J connectivity index is 1.78. The number of hydrogen-bond donors (Lipinski definition) is 0. The first-order valence-corrected chi connectivity index (χ1v) is 10.4. The summed E-state index contributed by atoms with van der Waals surface area (Å²) in [4.78, 5) is 18.0. The Labute approximate surface area is 169 Å². The van der Waals surface area contributed by atoms with Gasteiger partial charge >= 0.3 is 0 Å². The molecule has 1 fully saturated rings. The number of rotatable bonds is 8. The van der Waals surface area contributed by atoms with Gasteiger partial charge in [-0.3, -0.25) is 9.69 Å². The van der Waals surface area contributed by atoms with Crippen molar-refractivity contribution in [2.75, 3.05) is 44.3 Å². The lowest BCUT2D eigenvalue weighted by Gasteiger charge is -2.30. The topological polar surface area (TPSA) is 32.8 Å². The lowest BCUT2D eigenvalue weighted by molar-refractivity contribution is 0.0830. The molecule has 0 aromatic heterocycles. The number of ether oxygens (including phenoxy) is 1. The van der Waals surface area contributed by atoms with E-state index < -0.39 is 0 Å². The number of ketones is 1. The van der Waals surface area contributed by atoms with E-state index >= 15 is 0 Å². The molecule has 0 N–H and O–H groups in total. The van der Waals surface area contributed by atoms with Crippen LogP contribution in [0.5, 0.6) is 0 Å². The number of Topliss-reactive ketones (excluding diaryl/α,β-unsaturated/α-hetero) is 1. The van der Waals surface area contributed by atoms with E-state index in [0.717, 1.165) is 57.1 Å². The summed E-state index contributed by atoms with van der Waals surface area (Å²) < 4.78 is 5.43. The molecule has 1 saturated heterocycles. The molecule has 0 aliphatic carbocycles. The van der Waals surface area contributed by atoms with Crippen LogP contribution in [0.3, 0.4) is 0 Å². The summed E-state index contributed by atoms with van der Waals surface area (Å²) in [6.45, 7) is 11.4. The van der Waals surface area contributed by atoms with Gasteiger partial charge in [0.1, 0.15) is 0 Å². The van der Waals surface area contributed by atoms with Crippen molar-refractivity contribution >= 4 is 11.5 Å². The molecular formula is C24H32N2O2.